The molecule has 66 valence electrons. The minimum atomic E-state index is -2.79. The van der Waals surface area contributed by atoms with Crippen LogP contribution in [0.15, 0.2) is 22.9 Å². The van der Waals surface area contributed by atoms with Crippen molar-refractivity contribution < 1.29 is 13.9 Å². The Hall–Kier alpha value is -0.550. The van der Waals surface area contributed by atoms with Gasteiger partial charge in [-0.1, -0.05) is 15.9 Å². The SMILES string of the molecule is OC(c1cnccc1Br)C(F)F. The third-order valence-corrected chi connectivity index (χ3v) is 2.08. The lowest BCUT2D eigenvalue weighted by Gasteiger charge is -2.10. The molecule has 0 amide bonds. The molecule has 1 heterocycles. The molecule has 2 nitrogen and oxygen atoms in total. The molecule has 1 unspecified atom stereocenters. The molecule has 0 radical (unpaired) electrons. The molecule has 5 heteroatoms. The van der Waals surface area contributed by atoms with Crippen LogP contribution in [-0.2, 0) is 0 Å². The van der Waals surface area contributed by atoms with Crippen LogP contribution in [0.25, 0.3) is 0 Å². The number of nitrogens with zero attached hydrogens (tertiary/aromatic N) is 1. The molecule has 1 N–H and O–H groups in total. The van der Waals surface area contributed by atoms with Gasteiger partial charge in [0.2, 0.25) is 0 Å². The molecular formula is C7H6BrF2NO. The van der Waals surface area contributed by atoms with Crippen LogP contribution in [0.4, 0.5) is 8.78 Å². The van der Waals surface area contributed by atoms with Crippen LogP contribution >= 0.6 is 15.9 Å². The summed E-state index contributed by atoms with van der Waals surface area (Å²) in [5.74, 6) is 0. The van der Waals surface area contributed by atoms with Crippen LogP contribution in [-0.4, -0.2) is 16.5 Å². The lowest BCUT2D eigenvalue weighted by Crippen LogP contribution is -2.08. The molecule has 0 aliphatic rings. The first-order valence-electron chi connectivity index (χ1n) is 3.18. The predicted octanol–water partition coefficient (Wildman–Crippen LogP) is 2.14. The predicted molar refractivity (Wildman–Crippen MR) is 42.9 cm³/mol. The number of rotatable bonds is 2. The van der Waals surface area contributed by atoms with Gasteiger partial charge in [0.25, 0.3) is 6.43 Å². The highest BCUT2D eigenvalue weighted by Crippen LogP contribution is 2.26. The van der Waals surface area contributed by atoms with Crippen molar-refractivity contribution in [2.75, 3.05) is 0 Å². The van der Waals surface area contributed by atoms with Gasteiger partial charge in [0.1, 0.15) is 6.10 Å². The largest absolute Gasteiger partial charge is 0.382 e. The Bertz CT molecular complexity index is 269. The number of hydrogen-bond acceptors (Lipinski definition) is 2. The zero-order chi connectivity index (χ0) is 9.14. The van der Waals surface area contributed by atoms with Crippen molar-refractivity contribution in [3.05, 3.63) is 28.5 Å². The summed E-state index contributed by atoms with van der Waals surface area (Å²) in [6.45, 7) is 0. The number of hydrogen-bond donors (Lipinski definition) is 1. The number of alkyl halides is 2. The summed E-state index contributed by atoms with van der Waals surface area (Å²) in [4.78, 5) is 3.63. The maximum Gasteiger partial charge on any atom is 0.268 e. The molecular weight excluding hydrogens is 232 g/mol. The molecule has 1 atom stereocenters. The zero-order valence-electron chi connectivity index (χ0n) is 5.92. The molecule has 0 fully saturated rings. The van der Waals surface area contributed by atoms with Crippen molar-refractivity contribution in [2.24, 2.45) is 0 Å². The van der Waals surface area contributed by atoms with E-state index in [-0.39, 0.29) is 5.56 Å². The maximum absolute atomic E-state index is 12.0. The molecule has 12 heavy (non-hydrogen) atoms. The Kier molecular flexibility index (Phi) is 3.11. The fourth-order valence-electron chi connectivity index (χ4n) is 0.743. The second kappa shape index (κ2) is 3.91. The number of halogens is 3. The van der Waals surface area contributed by atoms with E-state index in [0.717, 1.165) is 0 Å². The Morgan fingerprint density at radius 3 is 2.67 bits per heavy atom. The fraction of sp³-hybridized carbons (Fsp3) is 0.286. The van der Waals surface area contributed by atoms with E-state index in [2.05, 4.69) is 20.9 Å². The minimum absolute atomic E-state index is 0.104. The third kappa shape index (κ3) is 1.98. The van der Waals surface area contributed by atoms with Gasteiger partial charge in [0, 0.05) is 22.4 Å². The quantitative estimate of drug-likeness (QED) is 0.856. The molecule has 0 aliphatic carbocycles. The van der Waals surface area contributed by atoms with E-state index in [9.17, 15) is 8.78 Å². The van der Waals surface area contributed by atoms with Gasteiger partial charge in [-0.2, -0.15) is 0 Å². The van der Waals surface area contributed by atoms with E-state index < -0.39 is 12.5 Å². The summed E-state index contributed by atoms with van der Waals surface area (Å²) in [5.41, 5.74) is 0.104. The Labute approximate surface area is 76.4 Å². The van der Waals surface area contributed by atoms with Crippen LogP contribution in [0.1, 0.15) is 11.7 Å². The molecule has 0 aliphatic heterocycles. The minimum Gasteiger partial charge on any atom is -0.382 e. The van der Waals surface area contributed by atoms with Crippen LogP contribution < -0.4 is 0 Å². The standard InChI is InChI=1S/C7H6BrF2NO/c8-5-1-2-11-3-4(5)6(12)7(9)10/h1-3,6-7,12H. The average molecular weight is 238 g/mol. The Morgan fingerprint density at radius 2 is 2.17 bits per heavy atom. The van der Waals surface area contributed by atoms with Gasteiger partial charge >= 0.3 is 0 Å². The van der Waals surface area contributed by atoms with Crippen molar-refractivity contribution in [1.82, 2.24) is 4.98 Å². The van der Waals surface area contributed by atoms with Crippen LogP contribution in [0.2, 0.25) is 0 Å². The van der Waals surface area contributed by atoms with Gasteiger partial charge in [-0.05, 0) is 6.07 Å². The molecule has 0 saturated heterocycles. The fourth-order valence-corrected chi connectivity index (χ4v) is 1.20. The molecule has 1 aromatic heterocycles. The molecule has 0 saturated carbocycles. The van der Waals surface area contributed by atoms with Crippen molar-refractivity contribution in [3.8, 4) is 0 Å². The van der Waals surface area contributed by atoms with Crippen molar-refractivity contribution >= 4 is 15.9 Å². The van der Waals surface area contributed by atoms with Gasteiger partial charge in [0.05, 0.1) is 0 Å². The van der Waals surface area contributed by atoms with Crippen LogP contribution in [0, 0.1) is 0 Å². The summed E-state index contributed by atoms with van der Waals surface area (Å²) in [7, 11) is 0. The van der Waals surface area contributed by atoms with Gasteiger partial charge in [-0.3, -0.25) is 4.98 Å². The highest BCUT2D eigenvalue weighted by molar-refractivity contribution is 9.10. The van der Waals surface area contributed by atoms with Crippen molar-refractivity contribution in [3.63, 3.8) is 0 Å². The van der Waals surface area contributed by atoms with Crippen molar-refractivity contribution in [1.29, 1.82) is 0 Å². The van der Waals surface area contributed by atoms with E-state index in [1.807, 2.05) is 0 Å². The normalized spacial score (nSPS) is 13.4. The lowest BCUT2D eigenvalue weighted by atomic mass is 10.2. The highest BCUT2D eigenvalue weighted by atomic mass is 79.9. The summed E-state index contributed by atoms with van der Waals surface area (Å²) < 4.78 is 24.4. The monoisotopic (exact) mass is 237 g/mol. The maximum atomic E-state index is 12.0. The highest BCUT2D eigenvalue weighted by Gasteiger charge is 2.21. The molecule has 0 spiro atoms. The van der Waals surface area contributed by atoms with Crippen LogP contribution in [0.5, 0.6) is 0 Å². The Balaban J connectivity index is 2.94. The summed E-state index contributed by atoms with van der Waals surface area (Å²) in [5, 5.41) is 8.96. The van der Waals surface area contributed by atoms with Gasteiger partial charge in [-0.25, -0.2) is 8.78 Å². The summed E-state index contributed by atoms with van der Waals surface area (Å²) in [6, 6.07) is 1.50. The second-order valence-corrected chi connectivity index (χ2v) is 3.03. The molecule has 1 aromatic rings. The van der Waals surface area contributed by atoms with E-state index in [1.165, 1.54) is 18.5 Å². The number of aromatic nitrogens is 1. The summed E-state index contributed by atoms with van der Waals surface area (Å²) in [6.07, 6.45) is -1.90. The van der Waals surface area contributed by atoms with Gasteiger partial charge in [0.15, 0.2) is 0 Å². The van der Waals surface area contributed by atoms with Gasteiger partial charge < -0.3 is 5.11 Å². The molecule has 1 rings (SSSR count). The van der Waals surface area contributed by atoms with Gasteiger partial charge in [-0.15, -0.1) is 0 Å². The smallest absolute Gasteiger partial charge is 0.268 e. The Morgan fingerprint density at radius 1 is 1.50 bits per heavy atom. The first-order valence-corrected chi connectivity index (χ1v) is 3.98. The average Bonchev–Trinajstić information content (AvgIpc) is 2.04. The van der Waals surface area contributed by atoms with E-state index in [4.69, 9.17) is 5.11 Å². The topological polar surface area (TPSA) is 33.1 Å². The third-order valence-electron chi connectivity index (χ3n) is 1.35. The van der Waals surface area contributed by atoms with E-state index in [1.54, 1.807) is 0 Å². The first kappa shape index (κ1) is 9.54. The number of pyridine rings is 1. The van der Waals surface area contributed by atoms with Crippen molar-refractivity contribution in [2.45, 2.75) is 12.5 Å². The lowest BCUT2D eigenvalue weighted by molar-refractivity contribution is -0.00637. The zero-order valence-corrected chi connectivity index (χ0v) is 7.50. The van der Waals surface area contributed by atoms with E-state index in [0.29, 0.717) is 4.47 Å². The molecule has 0 bridgehead atoms. The second-order valence-electron chi connectivity index (χ2n) is 2.18. The molecule has 0 aromatic carbocycles. The van der Waals surface area contributed by atoms with Crippen LogP contribution in [0.3, 0.4) is 0 Å². The van der Waals surface area contributed by atoms with E-state index >= 15 is 0 Å². The number of aliphatic hydroxyl groups excluding tert-OH is 1. The summed E-state index contributed by atoms with van der Waals surface area (Å²) >= 11 is 3.03. The number of aliphatic hydroxyl groups is 1. The first-order chi connectivity index (χ1) is 5.63.